The number of halogens is 1. The third-order valence-corrected chi connectivity index (χ3v) is 3.32. The van der Waals surface area contributed by atoms with Crippen LogP contribution in [0.1, 0.15) is 20.8 Å². The second-order valence-electron chi connectivity index (χ2n) is 5.29. The number of rotatable bonds is 6. The molecule has 2 aromatic rings. The summed E-state index contributed by atoms with van der Waals surface area (Å²) in [6.45, 7) is 6.20. The number of anilines is 1. The van der Waals surface area contributed by atoms with Crippen molar-refractivity contribution in [1.82, 2.24) is 0 Å². The number of ether oxygens (including phenoxy) is 2. The van der Waals surface area contributed by atoms with E-state index in [9.17, 15) is 4.79 Å². The van der Waals surface area contributed by atoms with E-state index in [0.717, 1.165) is 5.75 Å². The molecule has 0 atom stereocenters. The first-order valence-corrected chi connectivity index (χ1v) is 7.88. The molecule has 5 heteroatoms. The summed E-state index contributed by atoms with van der Waals surface area (Å²) in [4.78, 5) is 11.9. The lowest BCUT2D eigenvalue weighted by atomic mass is 10.2. The third kappa shape index (κ3) is 4.89. The highest BCUT2D eigenvalue weighted by Gasteiger charge is 2.12. The SMILES string of the molecule is CCOc1ccc(Oc2ccc(Cl)cc2NC(=O)C(C)C)cc1. The Balaban J connectivity index is 2.20. The first-order chi connectivity index (χ1) is 11.0. The van der Waals surface area contributed by atoms with Crippen LogP contribution < -0.4 is 14.8 Å². The molecule has 0 aliphatic heterocycles. The van der Waals surface area contributed by atoms with Gasteiger partial charge in [0.25, 0.3) is 0 Å². The van der Waals surface area contributed by atoms with E-state index in [1.807, 2.05) is 45.0 Å². The zero-order valence-electron chi connectivity index (χ0n) is 13.4. The summed E-state index contributed by atoms with van der Waals surface area (Å²) < 4.78 is 11.2. The Bertz CT molecular complexity index is 668. The summed E-state index contributed by atoms with van der Waals surface area (Å²) in [7, 11) is 0. The number of carbonyl (C=O) groups excluding carboxylic acids is 1. The minimum absolute atomic E-state index is 0.0937. The van der Waals surface area contributed by atoms with Gasteiger partial charge in [-0.15, -0.1) is 0 Å². The minimum Gasteiger partial charge on any atom is -0.494 e. The van der Waals surface area contributed by atoms with Gasteiger partial charge in [0.15, 0.2) is 5.75 Å². The van der Waals surface area contributed by atoms with E-state index in [1.54, 1.807) is 18.2 Å². The molecule has 1 N–H and O–H groups in total. The van der Waals surface area contributed by atoms with E-state index in [1.165, 1.54) is 0 Å². The van der Waals surface area contributed by atoms with Gasteiger partial charge in [-0.25, -0.2) is 0 Å². The highest BCUT2D eigenvalue weighted by molar-refractivity contribution is 6.31. The molecule has 1 amide bonds. The number of amides is 1. The Labute approximate surface area is 141 Å². The fourth-order valence-corrected chi connectivity index (χ4v) is 2.04. The predicted octanol–water partition coefficient (Wildman–Crippen LogP) is 5.13. The number of benzene rings is 2. The first-order valence-electron chi connectivity index (χ1n) is 7.50. The Morgan fingerprint density at radius 2 is 1.78 bits per heavy atom. The van der Waals surface area contributed by atoms with Crippen LogP contribution in [0.2, 0.25) is 5.02 Å². The molecule has 0 bridgehead atoms. The minimum atomic E-state index is -0.132. The summed E-state index contributed by atoms with van der Waals surface area (Å²) in [5.41, 5.74) is 0.546. The van der Waals surface area contributed by atoms with Gasteiger partial charge in [0, 0.05) is 10.9 Å². The molecule has 0 spiro atoms. The van der Waals surface area contributed by atoms with Crippen molar-refractivity contribution in [2.24, 2.45) is 5.92 Å². The van der Waals surface area contributed by atoms with Gasteiger partial charge in [-0.3, -0.25) is 4.79 Å². The van der Waals surface area contributed by atoms with E-state index in [2.05, 4.69) is 5.32 Å². The second kappa shape index (κ2) is 7.88. The molecule has 0 saturated heterocycles. The summed E-state index contributed by atoms with van der Waals surface area (Å²) in [5.74, 6) is 1.74. The molecule has 4 nitrogen and oxygen atoms in total. The maximum Gasteiger partial charge on any atom is 0.227 e. The van der Waals surface area contributed by atoms with Gasteiger partial charge in [-0.05, 0) is 49.4 Å². The molecule has 0 heterocycles. The van der Waals surface area contributed by atoms with Gasteiger partial charge < -0.3 is 14.8 Å². The number of nitrogens with one attached hydrogen (secondary N) is 1. The Morgan fingerprint density at radius 3 is 2.39 bits per heavy atom. The molecule has 0 aliphatic carbocycles. The van der Waals surface area contributed by atoms with Gasteiger partial charge in [-0.2, -0.15) is 0 Å². The number of carbonyl (C=O) groups is 1. The Hall–Kier alpha value is -2.20. The fourth-order valence-electron chi connectivity index (χ4n) is 1.86. The molecule has 2 rings (SSSR count). The van der Waals surface area contributed by atoms with Crippen LogP contribution in [-0.2, 0) is 4.79 Å². The number of hydrogen-bond acceptors (Lipinski definition) is 3. The summed E-state index contributed by atoms with van der Waals surface area (Å²) in [6.07, 6.45) is 0. The van der Waals surface area contributed by atoms with Gasteiger partial charge in [0.1, 0.15) is 11.5 Å². The smallest absolute Gasteiger partial charge is 0.227 e. The van der Waals surface area contributed by atoms with Gasteiger partial charge in [0.05, 0.1) is 12.3 Å². The average Bonchev–Trinajstić information content (AvgIpc) is 2.52. The van der Waals surface area contributed by atoms with Crippen LogP contribution in [0, 0.1) is 5.92 Å². The molecule has 2 aromatic carbocycles. The molecular weight excluding hydrogens is 314 g/mol. The Kier molecular flexibility index (Phi) is 5.88. The van der Waals surface area contributed by atoms with Crippen molar-refractivity contribution in [3.05, 3.63) is 47.5 Å². The van der Waals surface area contributed by atoms with Crippen LogP contribution in [0.25, 0.3) is 0 Å². The lowest BCUT2D eigenvalue weighted by Gasteiger charge is -2.14. The number of hydrogen-bond donors (Lipinski definition) is 1. The molecule has 0 fully saturated rings. The molecule has 0 radical (unpaired) electrons. The molecule has 122 valence electrons. The lowest BCUT2D eigenvalue weighted by molar-refractivity contribution is -0.118. The summed E-state index contributed by atoms with van der Waals surface area (Å²) in [5, 5.41) is 3.36. The van der Waals surface area contributed by atoms with Crippen molar-refractivity contribution in [2.45, 2.75) is 20.8 Å². The maximum atomic E-state index is 11.9. The molecule has 0 saturated carbocycles. The van der Waals surface area contributed by atoms with Gasteiger partial charge in [0.2, 0.25) is 5.91 Å². The first kappa shape index (κ1) is 17.2. The highest BCUT2D eigenvalue weighted by Crippen LogP contribution is 2.33. The van der Waals surface area contributed by atoms with Gasteiger partial charge in [-0.1, -0.05) is 25.4 Å². The third-order valence-electron chi connectivity index (χ3n) is 3.09. The van der Waals surface area contributed by atoms with Crippen LogP contribution in [0.15, 0.2) is 42.5 Å². The molecule has 0 unspecified atom stereocenters. The van der Waals surface area contributed by atoms with Crippen molar-refractivity contribution in [3.8, 4) is 17.2 Å². The lowest BCUT2D eigenvalue weighted by Crippen LogP contribution is -2.18. The predicted molar refractivity (Wildman–Crippen MR) is 92.6 cm³/mol. The van der Waals surface area contributed by atoms with Crippen molar-refractivity contribution in [2.75, 3.05) is 11.9 Å². The quantitative estimate of drug-likeness (QED) is 0.797. The monoisotopic (exact) mass is 333 g/mol. The van der Waals surface area contributed by atoms with Crippen molar-refractivity contribution in [1.29, 1.82) is 0 Å². The topological polar surface area (TPSA) is 47.6 Å². The fraction of sp³-hybridized carbons (Fsp3) is 0.278. The molecule has 0 aromatic heterocycles. The highest BCUT2D eigenvalue weighted by atomic mass is 35.5. The normalized spacial score (nSPS) is 10.5. The largest absolute Gasteiger partial charge is 0.494 e. The standard InChI is InChI=1S/C18H20ClNO3/c1-4-22-14-6-8-15(9-7-14)23-17-10-5-13(19)11-16(17)20-18(21)12(2)3/h5-12H,4H2,1-3H3,(H,20,21). The average molecular weight is 334 g/mol. The van der Waals surface area contributed by atoms with E-state index in [-0.39, 0.29) is 11.8 Å². The summed E-state index contributed by atoms with van der Waals surface area (Å²) >= 11 is 6.01. The van der Waals surface area contributed by atoms with E-state index in [4.69, 9.17) is 21.1 Å². The van der Waals surface area contributed by atoms with E-state index < -0.39 is 0 Å². The van der Waals surface area contributed by atoms with E-state index >= 15 is 0 Å². The zero-order chi connectivity index (χ0) is 16.8. The Morgan fingerprint density at radius 1 is 1.13 bits per heavy atom. The second-order valence-corrected chi connectivity index (χ2v) is 5.73. The molecular formula is C18H20ClNO3. The van der Waals surface area contributed by atoms with Crippen LogP contribution >= 0.6 is 11.6 Å². The van der Waals surface area contributed by atoms with Crippen molar-refractivity contribution >= 4 is 23.2 Å². The van der Waals surface area contributed by atoms with Gasteiger partial charge >= 0.3 is 0 Å². The van der Waals surface area contributed by atoms with Crippen LogP contribution in [0.4, 0.5) is 5.69 Å². The van der Waals surface area contributed by atoms with Crippen LogP contribution in [0.5, 0.6) is 17.2 Å². The van der Waals surface area contributed by atoms with Crippen molar-refractivity contribution < 1.29 is 14.3 Å². The van der Waals surface area contributed by atoms with Crippen LogP contribution in [-0.4, -0.2) is 12.5 Å². The van der Waals surface area contributed by atoms with E-state index in [0.29, 0.717) is 28.8 Å². The maximum absolute atomic E-state index is 11.9. The molecule has 0 aliphatic rings. The van der Waals surface area contributed by atoms with Crippen molar-refractivity contribution in [3.63, 3.8) is 0 Å². The zero-order valence-corrected chi connectivity index (χ0v) is 14.2. The molecule has 23 heavy (non-hydrogen) atoms. The summed E-state index contributed by atoms with van der Waals surface area (Å²) in [6, 6.07) is 12.4. The van der Waals surface area contributed by atoms with Crippen LogP contribution in [0.3, 0.4) is 0 Å².